The Morgan fingerprint density at radius 1 is 0.792 bits per heavy atom. The van der Waals surface area contributed by atoms with Crippen LogP contribution in [0.2, 0.25) is 0 Å². The van der Waals surface area contributed by atoms with Gasteiger partial charge in [0.1, 0.15) is 5.71 Å². The molecule has 0 aliphatic rings. The predicted octanol–water partition coefficient (Wildman–Crippen LogP) is 4.11. The van der Waals surface area contributed by atoms with Crippen LogP contribution in [0.3, 0.4) is 0 Å². The minimum atomic E-state index is -0.148. The molecule has 3 aromatic rings. The third kappa shape index (κ3) is 3.55. The van der Waals surface area contributed by atoms with Crippen LogP contribution in [0.4, 0.5) is 0 Å². The highest BCUT2D eigenvalue weighted by molar-refractivity contribution is 6.51. The van der Waals surface area contributed by atoms with Gasteiger partial charge in [0.15, 0.2) is 0 Å². The summed E-state index contributed by atoms with van der Waals surface area (Å²) in [6, 6.07) is 22.3. The molecule has 0 atom stereocenters. The first-order valence-electron chi connectivity index (χ1n) is 7.67. The van der Waals surface area contributed by atoms with Crippen molar-refractivity contribution >= 4 is 17.2 Å². The van der Waals surface area contributed by atoms with Gasteiger partial charge in [0.2, 0.25) is 5.78 Å². The second kappa shape index (κ2) is 7.33. The molecule has 0 unspecified atom stereocenters. The lowest BCUT2D eigenvalue weighted by atomic mass is 10.0. The van der Waals surface area contributed by atoms with Crippen molar-refractivity contribution in [1.82, 2.24) is 4.98 Å². The fourth-order valence-corrected chi connectivity index (χ4v) is 2.29. The summed E-state index contributed by atoms with van der Waals surface area (Å²) in [6.07, 6.45) is 1.82. The number of hydrogen-bond acceptors (Lipinski definition) is 3. The van der Waals surface area contributed by atoms with E-state index in [-0.39, 0.29) is 5.78 Å². The molecule has 24 heavy (non-hydrogen) atoms. The SMILES string of the molecule is C/C(=N/N=C(\C(=O)c1ccccc1)c1ccccc1)c1ccc[nH]1. The largest absolute Gasteiger partial charge is 0.360 e. The Balaban J connectivity index is 2.01. The molecule has 0 saturated carbocycles. The molecule has 1 N–H and O–H groups in total. The smallest absolute Gasteiger partial charge is 0.213 e. The fourth-order valence-electron chi connectivity index (χ4n) is 2.29. The second-order valence-electron chi connectivity index (χ2n) is 5.28. The Labute approximate surface area is 140 Å². The van der Waals surface area contributed by atoms with E-state index < -0.39 is 0 Å². The molecule has 0 aliphatic carbocycles. The molecule has 0 saturated heterocycles. The van der Waals surface area contributed by atoms with Crippen molar-refractivity contribution in [1.29, 1.82) is 0 Å². The van der Waals surface area contributed by atoms with Gasteiger partial charge >= 0.3 is 0 Å². The van der Waals surface area contributed by atoms with E-state index in [1.165, 1.54) is 0 Å². The van der Waals surface area contributed by atoms with E-state index in [4.69, 9.17) is 0 Å². The lowest BCUT2D eigenvalue weighted by molar-refractivity contribution is 0.106. The van der Waals surface area contributed by atoms with Crippen LogP contribution in [-0.4, -0.2) is 22.2 Å². The zero-order valence-corrected chi connectivity index (χ0v) is 13.3. The Bertz CT molecular complexity index is 864. The summed E-state index contributed by atoms with van der Waals surface area (Å²) in [5, 5.41) is 8.50. The molecule has 0 amide bonds. The Morgan fingerprint density at radius 2 is 1.42 bits per heavy atom. The average Bonchev–Trinajstić information content (AvgIpc) is 3.18. The van der Waals surface area contributed by atoms with Crippen LogP contribution in [-0.2, 0) is 0 Å². The summed E-state index contributed by atoms with van der Waals surface area (Å²) in [6.45, 7) is 1.85. The molecule has 0 radical (unpaired) electrons. The van der Waals surface area contributed by atoms with Crippen LogP contribution in [0, 0.1) is 0 Å². The number of benzene rings is 2. The Kier molecular flexibility index (Phi) is 4.77. The minimum absolute atomic E-state index is 0.148. The van der Waals surface area contributed by atoms with Gasteiger partial charge in [0.05, 0.1) is 11.4 Å². The van der Waals surface area contributed by atoms with E-state index >= 15 is 0 Å². The molecule has 0 bridgehead atoms. The first-order valence-corrected chi connectivity index (χ1v) is 7.67. The van der Waals surface area contributed by atoms with Crippen molar-refractivity contribution in [3.05, 3.63) is 95.8 Å². The molecule has 1 heterocycles. The van der Waals surface area contributed by atoms with Gasteiger partial charge in [-0.15, -0.1) is 5.10 Å². The van der Waals surface area contributed by atoms with Crippen molar-refractivity contribution in [3.8, 4) is 0 Å². The van der Waals surface area contributed by atoms with E-state index in [0.717, 1.165) is 11.3 Å². The van der Waals surface area contributed by atoms with Gasteiger partial charge in [-0.05, 0) is 19.1 Å². The first-order chi connectivity index (χ1) is 11.8. The van der Waals surface area contributed by atoms with E-state index in [9.17, 15) is 4.79 Å². The molecule has 4 heteroatoms. The first kappa shape index (κ1) is 15.6. The van der Waals surface area contributed by atoms with E-state index in [0.29, 0.717) is 17.0 Å². The normalized spacial score (nSPS) is 12.2. The summed E-state index contributed by atoms with van der Waals surface area (Å²) in [5.74, 6) is -0.148. The van der Waals surface area contributed by atoms with Crippen LogP contribution in [0.1, 0.15) is 28.5 Å². The zero-order valence-electron chi connectivity index (χ0n) is 13.3. The van der Waals surface area contributed by atoms with Gasteiger partial charge in [0, 0.05) is 17.3 Å². The third-order valence-corrected chi connectivity index (χ3v) is 3.59. The van der Waals surface area contributed by atoms with Crippen molar-refractivity contribution < 1.29 is 4.79 Å². The number of nitrogens with zero attached hydrogens (tertiary/aromatic N) is 2. The van der Waals surface area contributed by atoms with Crippen LogP contribution < -0.4 is 0 Å². The molecule has 0 spiro atoms. The van der Waals surface area contributed by atoms with E-state index in [2.05, 4.69) is 15.2 Å². The van der Waals surface area contributed by atoms with Gasteiger partial charge in [-0.25, -0.2) is 0 Å². The van der Waals surface area contributed by atoms with Crippen LogP contribution in [0.25, 0.3) is 0 Å². The summed E-state index contributed by atoms with van der Waals surface area (Å²) in [4.78, 5) is 15.9. The van der Waals surface area contributed by atoms with Gasteiger partial charge in [-0.2, -0.15) is 5.10 Å². The number of nitrogens with one attached hydrogen (secondary N) is 1. The third-order valence-electron chi connectivity index (χ3n) is 3.59. The number of carbonyl (C=O) groups is 1. The van der Waals surface area contributed by atoms with Gasteiger partial charge in [0.25, 0.3) is 0 Å². The molecule has 0 aliphatic heterocycles. The van der Waals surface area contributed by atoms with Crippen LogP contribution in [0.5, 0.6) is 0 Å². The summed E-state index contributed by atoms with van der Waals surface area (Å²) in [5.41, 5.74) is 3.25. The summed E-state index contributed by atoms with van der Waals surface area (Å²) < 4.78 is 0. The average molecular weight is 315 g/mol. The standard InChI is InChI=1S/C20H17N3O/c1-15(18-13-8-14-21-18)22-23-19(16-9-4-2-5-10-16)20(24)17-11-6-3-7-12-17/h2-14,21H,1H3/b22-15-,23-19-. The van der Waals surface area contributed by atoms with Crippen molar-refractivity contribution in [3.63, 3.8) is 0 Å². The lowest BCUT2D eigenvalue weighted by Gasteiger charge is -2.05. The number of H-pyrrole nitrogens is 1. The quantitative estimate of drug-likeness (QED) is 0.430. The molecule has 3 rings (SSSR count). The Hall–Kier alpha value is -3.27. The van der Waals surface area contributed by atoms with Crippen molar-refractivity contribution in [2.24, 2.45) is 10.2 Å². The number of Topliss-reactive ketones (excluding diaryl/α,β-unsaturated/α-hetero) is 1. The molecular formula is C20H17N3O. The number of aromatic amines is 1. The number of ketones is 1. The topological polar surface area (TPSA) is 57.6 Å². The maximum atomic E-state index is 12.8. The van der Waals surface area contributed by atoms with E-state index in [1.54, 1.807) is 12.1 Å². The van der Waals surface area contributed by atoms with Crippen molar-refractivity contribution in [2.45, 2.75) is 6.92 Å². The Morgan fingerprint density at radius 3 is 2.00 bits per heavy atom. The molecule has 2 aromatic carbocycles. The number of hydrogen-bond donors (Lipinski definition) is 1. The maximum Gasteiger partial charge on any atom is 0.213 e. The predicted molar refractivity (Wildman–Crippen MR) is 96.8 cm³/mol. The molecule has 1 aromatic heterocycles. The van der Waals surface area contributed by atoms with Crippen LogP contribution in [0.15, 0.2) is 89.2 Å². The molecular weight excluding hydrogens is 298 g/mol. The molecule has 0 fully saturated rings. The van der Waals surface area contributed by atoms with Crippen molar-refractivity contribution in [2.75, 3.05) is 0 Å². The summed E-state index contributed by atoms with van der Waals surface area (Å²) in [7, 11) is 0. The second-order valence-corrected chi connectivity index (χ2v) is 5.28. The molecule has 118 valence electrons. The molecule has 4 nitrogen and oxygen atoms in total. The lowest BCUT2D eigenvalue weighted by Crippen LogP contribution is -2.15. The zero-order chi connectivity index (χ0) is 16.8. The van der Waals surface area contributed by atoms with Gasteiger partial charge in [-0.3, -0.25) is 4.79 Å². The monoisotopic (exact) mass is 315 g/mol. The van der Waals surface area contributed by atoms with E-state index in [1.807, 2.05) is 73.8 Å². The highest BCUT2D eigenvalue weighted by Gasteiger charge is 2.16. The highest BCUT2D eigenvalue weighted by atomic mass is 16.1. The van der Waals surface area contributed by atoms with Crippen LogP contribution >= 0.6 is 0 Å². The van der Waals surface area contributed by atoms with Gasteiger partial charge < -0.3 is 4.98 Å². The number of rotatable bonds is 5. The summed E-state index contributed by atoms with van der Waals surface area (Å²) >= 11 is 0. The highest BCUT2D eigenvalue weighted by Crippen LogP contribution is 2.10. The number of aromatic nitrogens is 1. The number of carbonyl (C=O) groups excluding carboxylic acids is 1. The maximum absolute atomic E-state index is 12.8. The minimum Gasteiger partial charge on any atom is -0.360 e. The fraction of sp³-hybridized carbons (Fsp3) is 0.0500. The van der Waals surface area contributed by atoms with Gasteiger partial charge in [-0.1, -0.05) is 60.7 Å².